The highest BCUT2D eigenvalue weighted by Gasteiger charge is 1.80. The number of halogens is 1. The molecule has 0 atom stereocenters. The quantitative estimate of drug-likeness (QED) is 0.490. The number of hydrogen-bond donors (Lipinski definition) is 1. The van der Waals surface area contributed by atoms with Crippen molar-refractivity contribution in [3.8, 4) is 0 Å². The van der Waals surface area contributed by atoms with Gasteiger partial charge in [0.2, 0.25) is 0 Å². The summed E-state index contributed by atoms with van der Waals surface area (Å²) in [5.41, 5.74) is 0. The summed E-state index contributed by atoms with van der Waals surface area (Å²) in [7, 11) is 0. The van der Waals surface area contributed by atoms with Crippen LogP contribution in [0.15, 0.2) is 4.51 Å². The first kappa shape index (κ1) is 5.43. The number of nitrogens with zero attached hydrogens (tertiary/aromatic N) is 1. The summed E-state index contributed by atoms with van der Waals surface area (Å²) in [5, 5.41) is 7.68. The van der Waals surface area contributed by atoms with E-state index in [0.29, 0.717) is 6.21 Å². The van der Waals surface area contributed by atoms with E-state index in [4.69, 9.17) is 5.11 Å². The molecule has 0 rings (SSSR count). The molecular formula is C2H2ClNO2. The molecular weight excluding hydrogens is 105 g/mol. The first-order valence-corrected chi connectivity index (χ1v) is 1.48. The molecule has 0 radical (unpaired) electrons. The highest BCUT2D eigenvalue weighted by molar-refractivity contribution is 6.30. The van der Waals surface area contributed by atoms with E-state index in [1.807, 2.05) is 0 Å². The Kier molecular flexibility index (Phi) is 2.40. The number of aliphatic carboxylic acids is 1. The van der Waals surface area contributed by atoms with Crippen molar-refractivity contribution >= 4 is 24.0 Å². The second-order valence-electron chi connectivity index (χ2n) is 0.565. The lowest BCUT2D eigenvalue weighted by molar-refractivity contribution is -0.128. The third-order valence-corrected chi connectivity index (χ3v) is 0.257. The average Bonchev–Trinajstić information content (AvgIpc) is 1.35. The van der Waals surface area contributed by atoms with E-state index in [-0.39, 0.29) is 0 Å². The zero-order valence-electron chi connectivity index (χ0n) is 2.76. The first-order valence-electron chi connectivity index (χ1n) is 1.14. The maximum atomic E-state index is 9.37. The fraction of sp³-hybridized carbons (Fsp3) is 0. The van der Waals surface area contributed by atoms with Crippen LogP contribution in [0.4, 0.5) is 0 Å². The summed E-state index contributed by atoms with van der Waals surface area (Å²) < 4.78 is 2.68. The van der Waals surface area contributed by atoms with Gasteiger partial charge in [0.25, 0.3) is 0 Å². The molecule has 0 aliphatic rings. The summed E-state index contributed by atoms with van der Waals surface area (Å²) in [6, 6.07) is 0. The van der Waals surface area contributed by atoms with Crippen LogP contribution >= 0.6 is 11.8 Å². The molecule has 1 N–H and O–H groups in total. The van der Waals surface area contributed by atoms with Crippen molar-refractivity contribution in [3.63, 3.8) is 0 Å². The number of rotatable bonds is 1. The Labute approximate surface area is 39.4 Å². The Balaban J connectivity index is 3.30. The average molecular weight is 107 g/mol. The fourth-order valence-corrected chi connectivity index (χ4v) is 0.125. The molecule has 0 saturated heterocycles. The molecule has 0 aromatic heterocycles. The van der Waals surface area contributed by atoms with E-state index < -0.39 is 5.97 Å². The van der Waals surface area contributed by atoms with Crippen molar-refractivity contribution in [1.82, 2.24) is 0 Å². The Bertz CT molecular complexity index is 79.6. The molecule has 0 fully saturated rings. The Morgan fingerprint density at radius 2 is 2.50 bits per heavy atom. The monoisotopic (exact) mass is 107 g/mol. The van der Waals surface area contributed by atoms with Gasteiger partial charge in [-0.3, -0.25) is 0 Å². The molecule has 0 aromatic rings. The number of carbonyl (C=O) groups is 1. The summed E-state index contributed by atoms with van der Waals surface area (Å²) in [5.74, 6) is -1.13. The minimum Gasteiger partial charge on any atom is -0.477 e. The molecule has 0 amide bonds. The second kappa shape index (κ2) is 2.66. The molecule has 0 spiro atoms. The molecule has 0 aromatic carbocycles. The molecule has 0 unspecified atom stereocenters. The number of carboxylic acids is 1. The summed E-state index contributed by atoms with van der Waals surface area (Å²) >= 11 is 4.59. The zero-order valence-corrected chi connectivity index (χ0v) is 3.51. The Morgan fingerprint density at radius 3 is 2.50 bits per heavy atom. The van der Waals surface area contributed by atoms with Gasteiger partial charge in [-0.05, 0) is 0 Å². The Morgan fingerprint density at radius 1 is 2.00 bits per heavy atom. The zero-order chi connectivity index (χ0) is 4.99. The maximum absolute atomic E-state index is 9.37. The molecule has 3 nitrogen and oxygen atoms in total. The summed E-state index contributed by atoms with van der Waals surface area (Å²) in [6.07, 6.45) is 0.599. The van der Waals surface area contributed by atoms with Gasteiger partial charge >= 0.3 is 5.97 Å². The van der Waals surface area contributed by atoms with E-state index in [0.717, 1.165) is 0 Å². The van der Waals surface area contributed by atoms with Crippen LogP contribution in [0.3, 0.4) is 0 Å². The van der Waals surface area contributed by atoms with Gasteiger partial charge in [0.15, 0.2) is 0 Å². The van der Waals surface area contributed by atoms with Gasteiger partial charge in [-0.2, -0.15) is 4.51 Å². The largest absolute Gasteiger partial charge is 0.477 e. The van der Waals surface area contributed by atoms with Crippen molar-refractivity contribution in [3.05, 3.63) is 0 Å². The predicted molar refractivity (Wildman–Crippen MR) is 22.0 cm³/mol. The predicted octanol–water partition coefficient (Wildman–Crippen LogP) is 0.296. The lowest BCUT2D eigenvalue weighted by atomic mass is 10.8. The van der Waals surface area contributed by atoms with Crippen LogP contribution in [0.25, 0.3) is 0 Å². The summed E-state index contributed by atoms with van der Waals surface area (Å²) in [4.78, 5) is 9.37. The first-order chi connectivity index (χ1) is 2.77. The highest BCUT2D eigenvalue weighted by atomic mass is 35.5. The molecule has 0 saturated carbocycles. The molecule has 6 heavy (non-hydrogen) atoms. The fourth-order valence-electron chi connectivity index (χ4n) is 0.0417. The summed E-state index contributed by atoms with van der Waals surface area (Å²) in [6.45, 7) is 0. The van der Waals surface area contributed by atoms with Gasteiger partial charge in [0.1, 0.15) is 6.21 Å². The topological polar surface area (TPSA) is 49.7 Å². The number of hydrogen-bond acceptors (Lipinski definition) is 2. The van der Waals surface area contributed by atoms with E-state index in [1.165, 1.54) is 0 Å². The van der Waals surface area contributed by atoms with Crippen LogP contribution < -0.4 is 0 Å². The van der Waals surface area contributed by atoms with E-state index in [2.05, 4.69) is 16.3 Å². The lowest BCUT2D eigenvalue weighted by Gasteiger charge is -1.66. The van der Waals surface area contributed by atoms with Crippen molar-refractivity contribution in [2.24, 2.45) is 4.51 Å². The van der Waals surface area contributed by atoms with E-state index in [1.54, 1.807) is 0 Å². The van der Waals surface area contributed by atoms with Gasteiger partial charge in [-0.15, -0.1) is 0 Å². The van der Waals surface area contributed by atoms with E-state index in [9.17, 15) is 4.79 Å². The van der Waals surface area contributed by atoms with Gasteiger partial charge in [0.05, 0.1) is 0 Å². The van der Waals surface area contributed by atoms with Crippen LogP contribution in [0.1, 0.15) is 0 Å². The van der Waals surface area contributed by atoms with Crippen LogP contribution in [-0.4, -0.2) is 17.3 Å². The SMILES string of the molecule is O=C(O)C=NCl. The third-order valence-electron chi connectivity index (χ3n) is 0.159. The maximum Gasteiger partial charge on any atom is 0.348 e. The number of carboxylic acid groups (broad SMARTS) is 1. The molecule has 0 heterocycles. The normalized spacial score (nSPS) is 9.50. The molecule has 0 aliphatic carbocycles. The lowest BCUT2D eigenvalue weighted by Crippen LogP contribution is -1.92. The standard InChI is InChI=1S/C2H2ClNO2/c3-4-1-2(5)6/h1H,(H,5,6). The minimum atomic E-state index is -1.13. The smallest absolute Gasteiger partial charge is 0.348 e. The minimum absolute atomic E-state index is 0.599. The van der Waals surface area contributed by atoms with Crippen molar-refractivity contribution < 1.29 is 9.90 Å². The van der Waals surface area contributed by atoms with Crippen molar-refractivity contribution in [2.45, 2.75) is 0 Å². The molecule has 34 valence electrons. The van der Waals surface area contributed by atoms with Crippen molar-refractivity contribution in [1.29, 1.82) is 0 Å². The van der Waals surface area contributed by atoms with E-state index >= 15 is 0 Å². The van der Waals surface area contributed by atoms with Crippen LogP contribution in [0, 0.1) is 0 Å². The second-order valence-corrected chi connectivity index (χ2v) is 0.760. The molecule has 0 aliphatic heterocycles. The van der Waals surface area contributed by atoms with Gasteiger partial charge < -0.3 is 5.11 Å². The van der Waals surface area contributed by atoms with Crippen molar-refractivity contribution in [2.75, 3.05) is 0 Å². The molecule has 4 heteroatoms. The van der Waals surface area contributed by atoms with Crippen LogP contribution in [0.2, 0.25) is 0 Å². The van der Waals surface area contributed by atoms with Gasteiger partial charge in [0, 0.05) is 11.8 Å². The van der Waals surface area contributed by atoms with Crippen LogP contribution in [0.5, 0.6) is 0 Å². The van der Waals surface area contributed by atoms with Crippen LogP contribution in [-0.2, 0) is 4.79 Å². The highest BCUT2D eigenvalue weighted by Crippen LogP contribution is 1.67. The Hall–Kier alpha value is -0.570. The molecule has 0 bridgehead atoms. The third kappa shape index (κ3) is 3.43. The van der Waals surface area contributed by atoms with Gasteiger partial charge in [-0.25, -0.2) is 4.79 Å². The van der Waals surface area contributed by atoms with Gasteiger partial charge in [-0.1, -0.05) is 0 Å².